The smallest absolute Gasteiger partial charge is 0.331 e. The predicted molar refractivity (Wildman–Crippen MR) is 144 cm³/mol. The van der Waals surface area contributed by atoms with E-state index < -0.39 is 15.6 Å². The highest BCUT2D eigenvalue weighted by Crippen LogP contribution is 2.24. The Morgan fingerprint density at radius 2 is 1.66 bits per heavy atom. The lowest BCUT2D eigenvalue weighted by Gasteiger charge is -2.11. The number of nitrogens with one attached hydrogen (secondary N) is 2. The van der Waals surface area contributed by atoms with Gasteiger partial charge in [0.05, 0.1) is 10.4 Å². The number of sulfonamides is 1. The van der Waals surface area contributed by atoms with E-state index >= 15 is 0 Å². The molecule has 4 aromatic rings. The summed E-state index contributed by atoms with van der Waals surface area (Å²) in [5.41, 5.74) is 2.02. The SMILES string of the molecule is COCCCn1c(=O)c2[nH]c(-c3ccc(S(=O)(=O)NCc4cccnc4)cc3)cc2n(CCCOC)c1=O. The molecule has 0 bridgehead atoms. The van der Waals surface area contributed by atoms with Gasteiger partial charge in [0.1, 0.15) is 5.52 Å². The molecule has 202 valence electrons. The summed E-state index contributed by atoms with van der Waals surface area (Å²) >= 11 is 0. The molecule has 0 aliphatic heterocycles. The topological polar surface area (TPSA) is 137 Å². The van der Waals surface area contributed by atoms with Gasteiger partial charge in [0, 0.05) is 65.2 Å². The van der Waals surface area contributed by atoms with Crippen molar-refractivity contribution < 1.29 is 17.9 Å². The minimum absolute atomic E-state index is 0.109. The average molecular weight is 542 g/mol. The van der Waals surface area contributed by atoms with Gasteiger partial charge in [-0.05, 0) is 48.2 Å². The van der Waals surface area contributed by atoms with Crippen LogP contribution in [-0.2, 0) is 39.1 Å². The Balaban J connectivity index is 1.65. The number of hydrogen-bond donors (Lipinski definition) is 2. The highest BCUT2D eigenvalue weighted by Gasteiger charge is 2.18. The molecule has 3 heterocycles. The van der Waals surface area contributed by atoms with Crippen LogP contribution in [0.2, 0.25) is 0 Å². The minimum Gasteiger partial charge on any atom is -0.385 e. The number of rotatable bonds is 13. The summed E-state index contributed by atoms with van der Waals surface area (Å²) in [4.78, 5) is 33.7. The number of aromatic nitrogens is 4. The van der Waals surface area contributed by atoms with Gasteiger partial charge in [0.25, 0.3) is 5.56 Å². The summed E-state index contributed by atoms with van der Waals surface area (Å²) in [7, 11) is -0.577. The summed E-state index contributed by atoms with van der Waals surface area (Å²) in [6, 6.07) is 11.6. The molecule has 2 N–H and O–H groups in total. The lowest BCUT2D eigenvalue weighted by molar-refractivity contribution is 0.187. The van der Waals surface area contributed by atoms with Gasteiger partial charge in [0.15, 0.2) is 0 Å². The van der Waals surface area contributed by atoms with E-state index in [4.69, 9.17) is 9.47 Å². The van der Waals surface area contributed by atoms with E-state index in [0.29, 0.717) is 54.9 Å². The van der Waals surface area contributed by atoms with Crippen LogP contribution in [0, 0.1) is 0 Å². The molecule has 0 fully saturated rings. The monoisotopic (exact) mass is 541 g/mol. The molecule has 0 aliphatic rings. The fourth-order valence-electron chi connectivity index (χ4n) is 4.17. The molecule has 0 aliphatic carbocycles. The van der Waals surface area contributed by atoms with Crippen molar-refractivity contribution >= 4 is 21.1 Å². The second-order valence-corrected chi connectivity index (χ2v) is 10.5. The molecule has 0 atom stereocenters. The Morgan fingerprint density at radius 1 is 0.974 bits per heavy atom. The van der Waals surface area contributed by atoms with E-state index in [1.807, 2.05) is 0 Å². The van der Waals surface area contributed by atoms with Crippen molar-refractivity contribution in [2.45, 2.75) is 37.4 Å². The molecule has 11 nitrogen and oxygen atoms in total. The maximum Gasteiger partial charge on any atom is 0.331 e. The average Bonchev–Trinajstić information content (AvgIpc) is 3.38. The highest BCUT2D eigenvalue weighted by atomic mass is 32.2. The lowest BCUT2D eigenvalue weighted by atomic mass is 10.1. The Hall–Kier alpha value is -3.58. The quantitative estimate of drug-likeness (QED) is 0.247. The Morgan fingerprint density at radius 3 is 2.29 bits per heavy atom. The summed E-state index contributed by atoms with van der Waals surface area (Å²) in [5.74, 6) is 0. The number of ether oxygens (including phenoxy) is 2. The van der Waals surface area contributed by atoms with Crippen LogP contribution in [0.25, 0.3) is 22.3 Å². The summed E-state index contributed by atoms with van der Waals surface area (Å²) in [5, 5.41) is 0. The number of pyridine rings is 1. The number of fused-ring (bicyclic) bond motifs is 1. The first kappa shape index (κ1) is 27.5. The fourth-order valence-corrected chi connectivity index (χ4v) is 5.19. The zero-order chi connectivity index (χ0) is 27.1. The van der Waals surface area contributed by atoms with Gasteiger partial charge in [-0.3, -0.25) is 18.9 Å². The Kier molecular flexibility index (Phi) is 8.89. The molecule has 0 radical (unpaired) electrons. The predicted octanol–water partition coefficient (Wildman–Crippen LogP) is 2.10. The first-order chi connectivity index (χ1) is 18.4. The lowest BCUT2D eigenvalue weighted by Crippen LogP contribution is -2.40. The number of H-pyrrole nitrogens is 1. The van der Waals surface area contributed by atoms with Crippen LogP contribution in [0.3, 0.4) is 0 Å². The number of aryl methyl sites for hydroxylation is 1. The number of benzene rings is 1. The zero-order valence-electron chi connectivity index (χ0n) is 21.3. The van der Waals surface area contributed by atoms with Crippen molar-refractivity contribution in [2.24, 2.45) is 0 Å². The van der Waals surface area contributed by atoms with Gasteiger partial charge in [-0.15, -0.1) is 0 Å². The van der Waals surface area contributed by atoms with Crippen molar-refractivity contribution in [1.82, 2.24) is 23.8 Å². The first-order valence-electron chi connectivity index (χ1n) is 12.2. The Labute approximate surface area is 220 Å². The van der Waals surface area contributed by atoms with E-state index in [1.165, 1.54) is 16.7 Å². The van der Waals surface area contributed by atoms with Crippen molar-refractivity contribution in [1.29, 1.82) is 0 Å². The molecule has 3 aromatic heterocycles. The van der Waals surface area contributed by atoms with Gasteiger partial charge in [-0.25, -0.2) is 17.9 Å². The standard InChI is InChI=1S/C26H31N5O6S/c1-36-14-4-12-30-23-16-22(29-24(23)25(32)31(26(30)33)13-5-15-37-2)20-7-9-21(10-8-20)38(34,35)28-18-19-6-3-11-27-17-19/h3,6-11,16-17,28-29H,4-5,12-15,18H2,1-2H3. The van der Waals surface area contributed by atoms with Gasteiger partial charge < -0.3 is 14.5 Å². The van der Waals surface area contributed by atoms with E-state index in [2.05, 4.69) is 14.7 Å². The summed E-state index contributed by atoms with van der Waals surface area (Å²) in [6.07, 6.45) is 4.34. The van der Waals surface area contributed by atoms with Crippen LogP contribution in [0.1, 0.15) is 18.4 Å². The van der Waals surface area contributed by atoms with Gasteiger partial charge in [-0.1, -0.05) is 18.2 Å². The molecule has 0 spiro atoms. The first-order valence-corrected chi connectivity index (χ1v) is 13.7. The fraction of sp³-hybridized carbons (Fsp3) is 0.346. The van der Waals surface area contributed by atoms with Crippen LogP contribution in [-0.4, -0.2) is 55.0 Å². The van der Waals surface area contributed by atoms with Gasteiger partial charge in [0.2, 0.25) is 10.0 Å². The van der Waals surface area contributed by atoms with Crippen molar-refractivity contribution in [2.75, 3.05) is 27.4 Å². The molecule has 0 saturated carbocycles. The third-order valence-corrected chi connectivity index (χ3v) is 7.55. The van der Waals surface area contributed by atoms with Gasteiger partial charge in [-0.2, -0.15) is 0 Å². The second kappa shape index (κ2) is 12.3. The molecule has 4 rings (SSSR count). The molecular formula is C26H31N5O6S. The molecular weight excluding hydrogens is 510 g/mol. The van der Waals surface area contributed by atoms with E-state index in [-0.39, 0.29) is 23.7 Å². The number of aromatic amines is 1. The van der Waals surface area contributed by atoms with Gasteiger partial charge >= 0.3 is 5.69 Å². The molecule has 12 heteroatoms. The normalized spacial score (nSPS) is 11.8. The molecule has 1 aromatic carbocycles. The van der Waals surface area contributed by atoms with E-state index in [9.17, 15) is 18.0 Å². The second-order valence-electron chi connectivity index (χ2n) is 8.74. The largest absolute Gasteiger partial charge is 0.385 e. The zero-order valence-corrected chi connectivity index (χ0v) is 22.2. The number of nitrogens with zero attached hydrogens (tertiary/aromatic N) is 3. The van der Waals surface area contributed by atoms with Crippen LogP contribution in [0.5, 0.6) is 0 Å². The maximum atomic E-state index is 13.2. The molecule has 0 saturated heterocycles. The van der Waals surface area contributed by atoms with Crippen molar-refractivity contribution in [3.8, 4) is 11.3 Å². The minimum atomic E-state index is -3.74. The summed E-state index contributed by atoms with van der Waals surface area (Å²) < 4.78 is 41.1. The molecule has 38 heavy (non-hydrogen) atoms. The third kappa shape index (κ3) is 6.10. The maximum absolute atomic E-state index is 13.2. The number of hydrogen-bond acceptors (Lipinski definition) is 7. The molecule has 0 amide bonds. The van der Waals surface area contributed by atoms with Crippen LogP contribution < -0.4 is 16.0 Å². The molecule has 0 unspecified atom stereocenters. The van der Waals surface area contributed by atoms with Crippen molar-refractivity contribution in [3.05, 3.63) is 81.3 Å². The third-order valence-electron chi connectivity index (χ3n) is 6.13. The van der Waals surface area contributed by atoms with Crippen LogP contribution in [0.15, 0.2) is 69.3 Å². The van der Waals surface area contributed by atoms with E-state index in [1.54, 1.807) is 61.5 Å². The van der Waals surface area contributed by atoms with Crippen LogP contribution >= 0.6 is 0 Å². The van der Waals surface area contributed by atoms with E-state index in [0.717, 1.165) is 5.56 Å². The highest BCUT2D eigenvalue weighted by molar-refractivity contribution is 7.89. The van der Waals surface area contributed by atoms with Crippen LogP contribution in [0.4, 0.5) is 0 Å². The van der Waals surface area contributed by atoms with Crippen molar-refractivity contribution in [3.63, 3.8) is 0 Å². The Bertz CT molecular complexity index is 1590. The number of methoxy groups -OCH3 is 2. The summed E-state index contributed by atoms with van der Waals surface area (Å²) in [6.45, 7) is 1.63.